The molecule has 4 nitrogen and oxygen atoms in total. The lowest BCUT2D eigenvalue weighted by atomic mass is 10.1. The second kappa shape index (κ2) is 6.61. The first-order chi connectivity index (χ1) is 9.66. The molecule has 0 heterocycles. The van der Waals surface area contributed by atoms with Crippen LogP contribution >= 0.6 is 0 Å². The van der Waals surface area contributed by atoms with Gasteiger partial charge in [0.25, 0.3) is 0 Å². The van der Waals surface area contributed by atoms with Crippen LogP contribution in [-0.2, 0) is 0 Å². The lowest BCUT2D eigenvalue weighted by Crippen LogP contribution is -2.09. The third-order valence-corrected chi connectivity index (χ3v) is 2.77. The number of carboxylic acids is 1. The fraction of sp³-hybridized carbons (Fsp3) is 0.188. The second-order valence-electron chi connectivity index (χ2n) is 4.30. The quantitative estimate of drug-likeness (QED) is 0.821. The SMILES string of the molecule is Cc1cc(C(=O)O)ccc1OCCOc1ccccc1. The number of para-hydroxylation sites is 1. The molecule has 0 fully saturated rings. The minimum absolute atomic E-state index is 0.260. The number of ether oxygens (including phenoxy) is 2. The molecule has 104 valence electrons. The van der Waals surface area contributed by atoms with Gasteiger partial charge in [0, 0.05) is 0 Å². The van der Waals surface area contributed by atoms with Crippen molar-refractivity contribution in [2.45, 2.75) is 6.92 Å². The number of benzene rings is 2. The molecule has 0 aromatic heterocycles. The average Bonchev–Trinajstić information content (AvgIpc) is 2.46. The highest BCUT2D eigenvalue weighted by molar-refractivity contribution is 5.88. The minimum atomic E-state index is -0.938. The summed E-state index contributed by atoms with van der Waals surface area (Å²) >= 11 is 0. The highest BCUT2D eigenvalue weighted by Crippen LogP contribution is 2.19. The zero-order valence-corrected chi connectivity index (χ0v) is 11.2. The zero-order valence-electron chi connectivity index (χ0n) is 11.2. The normalized spacial score (nSPS) is 10.1. The van der Waals surface area contributed by atoms with Gasteiger partial charge in [0.1, 0.15) is 24.7 Å². The predicted octanol–water partition coefficient (Wildman–Crippen LogP) is 3.15. The van der Waals surface area contributed by atoms with E-state index in [1.54, 1.807) is 12.1 Å². The van der Waals surface area contributed by atoms with Crippen LogP contribution in [0.2, 0.25) is 0 Å². The molecule has 0 unspecified atom stereocenters. The van der Waals surface area contributed by atoms with E-state index in [1.807, 2.05) is 37.3 Å². The van der Waals surface area contributed by atoms with Gasteiger partial charge in [-0.05, 0) is 42.8 Å². The van der Waals surface area contributed by atoms with E-state index in [0.29, 0.717) is 19.0 Å². The van der Waals surface area contributed by atoms with E-state index in [1.165, 1.54) is 6.07 Å². The summed E-state index contributed by atoms with van der Waals surface area (Å²) in [7, 11) is 0. The number of aromatic carboxylic acids is 1. The molecule has 0 saturated heterocycles. The van der Waals surface area contributed by atoms with Gasteiger partial charge < -0.3 is 14.6 Å². The van der Waals surface area contributed by atoms with Crippen molar-refractivity contribution in [3.05, 3.63) is 59.7 Å². The van der Waals surface area contributed by atoms with Crippen molar-refractivity contribution < 1.29 is 19.4 Å². The summed E-state index contributed by atoms with van der Waals surface area (Å²) in [5.74, 6) is 0.535. The molecule has 0 atom stereocenters. The molecule has 2 aromatic rings. The number of aryl methyl sites for hydroxylation is 1. The highest BCUT2D eigenvalue weighted by Gasteiger charge is 2.06. The van der Waals surface area contributed by atoms with E-state index in [2.05, 4.69) is 0 Å². The van der Waals surface area contributed by atoms with Gasteiger partial charge in [-0.3, -0.25) is 0 Å². The molecule has 0 bridgehead atoms. The minimum Gasteiger partial charge on any atom is -0.490 e. The monoisotopic (exact) mass is 272 g/mol. The first-order valence-electron chi connectivity index (χ1n) is 6.31. The molecule has 0 aliphatic rings. The van der Waals surface area contributed by atoms with Crippen LogP contribution in [0.5, 0.6) is 11.5 Å². The Balaban J connectivity index is 1.84. The smallest absolute Gasteiger partial charge is 0.335 e. The Kier molecular flexibility index (Phi) is 4.60. The maximum absolute atomic E-state index is 10.8. The summed E-state index contributed by atoms with van der Waals surface area (Å²) in [6.45, 7) is 2.66. The Bertz CT molecular complexity index is 578. The molecule has 0 saturated carbocycles. The molecule has 0 spiro atoms. The van der Waals surface area contributed by atoms with Crippen molar-refractivity contribution in [2.75, 3.05) is 13.2 Å². The Morgan fingerprint density at radius 1 is 1.05 bits per heavy atom. The van der Waals surface area contributed by atoms with E-state index in [-0.39, 0.29) is 5.56 Å². The number of hydrogen-bond donors (Lipinski definition) is 1. The zero-order chi connectivity index (χ0) is 14.4. The van der Waals surface area contributed by atoms with E-state index in [4.69, 9.17) is 14.6 Å². The molecular formula is C16H16O4. The topological polar surface area (TPSA) is 55.8 Å². The first kappa shape index (κ1) is 13.9. The van der Waals surface area contributed by atoms with Gasteiger partial charge in [-0.15, -0.1) is 0 Å². The van der Waals surface area contributed by atoms with E-state index in [9.17, 15) is 4.79 Å². The molecule has 2 rings (SSSR count). The summed E-state index contributed by atoms with van der Waals surface area (Å²) in [5.41, 5.74) is 1.06. The Hall–Kier alpha value is -2.49. The maximum Gasteiger partial charge on any atom is 0.335 e. The van der Waals surface area contributed by atoms with Crippen molar-refractivity contribution >= 4 is 5.97 Å². The Morgan fingerprint density at radius 2 is 1.75 bits per heavy atom. The van der Waals surface area contributed by atoms with Gasteiger partial charge in [0.05, 0.1) is 5.56 Å². The van der Waals surface area contributed by atoms with Crippen LogP contribution in [0.15, 0.2) is 48.5 Å². The van der Waals surface area contributed by atoms with E-state index < -0.39 is 5.97 Å². The fourth-order valence-corrected chi connectivity index (χ4v) is 1.77. The number of carbonyl (C=O) groups is 1. The van der Waals surface area contributed by atoms with Gasteiger partial charge in [-0.25, -0.2) is 4.79 Å². The van der Waals surface area contributed by atoms with Crippen LogP contribution < -0.4 is 9.47 Å². The average molecular weight is 272 g/mol. The summed E-state index contributed by atoms with van der Waals surface area (Å²) in [5, 5.41) is 8.88. The molecule has 4 heteroatoms. The molecule has 0 aliphatic carbocycles. The second-order valence-corrected chi connectivity index (χ2v) is 4.30. The largest absolute Gasteiger partial charge is 0.490 e. The third kappa shape index (κ3) is 3.75. The molecular weight excluding hydrogens is 256 g/mol. The lowest BCUT2D eigenvalue weighted by molar-refractivity contribution is 0.0696. The summed E-state index contributed by atoms with van der Waals surface area (Å²) in [6.07, 6.45) is 0. The molecule has 0 radical (unpaired) electrons. The van der Waals surface area contributed by atoms with Gasteiger partial charge in [0.15, 0.2) is 0 Å². The number of carboxylic acid groups (broad SMARTS) is 1. The van der Waals surface area contributed by atoms with Crippen molar-refractivity contribution in [1.29, 1.82) is 0 Å². The molecule has 1 N–H and O–H groups in total. The van der Waals surface area contributed by atoms with Gasteiger partial charge in [0.2, 0.25) is 0 Å². The van der Waals surface area contributed by atoms with Crippen LogP contribution in [0.3, 0.4) is 0 Å². The van der Waals surface area contributed by atoms with Crippen LogP contribution in [0.25, 0.3) is 0 Å². The fourth-order valence-electron chi connectivity index (χ4n) is 1.77. The number of hydrogen-bond acceptors (Lipinski definition) is 3. The molecule has 0 aliphatic heterocycles. The highest BCUT2D eigenvalue weighted by atomic mass is 16.5. The van der Waals surface area contributed by atoms with Crippen LogP contribution in [0, 0.1) is 6.92 Å². The maximum atomic E-state index is 10.8. The van der Waals surface area contributed by atoms with Gasteiger partial charge in [-0.1, -0.05) is 18.2 Å². The van der Waals surface area contributed by atoms with Gasteiger partial charge >= 0.3 is 5.97 Å². The van der Waals surface area contributed by atoms with E-state index >= 15 is 0 Å². The van der Waals surface area contributed by atoms with Gasteiger partial charge in [-0.2, -0.15) is 0 Å². The first-order valence-corrected chi connectivity index (χ1v) is 6.31. The lowest BCUT2D eigenvalue weighted by Gasteiger charge is -2.10. The summed E-state index contributed by atoms with van der Waals surface area (Å²) < 4.78 is 11.1. The van der Waals surface area contributed by atoms with Crippen molar-refractivity contribution in [1.82, 2.24) is 0 Å². The number of rotatable bonds is 6. The molecule has 2 aromatic carbocycles. The predicted molar refractivity (Wildman–Crippen MR) is 75.6 cm³/mol. The van der Waals surface area contributed by atoms with Crippen molar-refractivity contribution in [3.63, 3.8) is 0 Å². The Labute approximate surface area is 117 Å². The summed E-state index contributed by atoms with van der Waals surface area (Å²) in [4.78, 5) is 10.8. The van der Waals surface area contributed by atoms with Crippen molar-refractivity contribution in [3.8, 4) is 11.5 Å². The van der Waals surface area contributed by atoms with Crippen LogP contribution in [-0.4, -0.2) is 24.3 Å². The third-order valence-electron chi connectivity index (χ3n) is 2.77. The van der Waals surface area contributed by atoms with E-state index in [0.717, 1.165) is 11.3 Å². The molecule has 20 heavy (non-hydrogen) atoms. The van der Waals surface area contributed by atoms with Crippen LogP contribution in [0.4, 0.5) is 0 Å². The van der Waals surface area contributed by atoms with Crippen molar-refractivity contribution in [2.24, 2.45) is 0 Å². The van der Waals surface area contributed by atoms with Crippen LogP contribution in [0.1, 0.15) is 15.9 Å². The molecule has 0 amide bonds. The standard InChI is InChI=1S/C16H16O4/c1-12-11-13(16(17)18)7-8-15(12)20-10-9-19-14-5-3-2-4-6-14/h2-8,11H,9-10H2,1H3,(H,17,18). The summed E-state index contributed by atoms with van der Waals surface area (Å²) in [6, 6.07) is 14.3. The Morgan fingerprint density at radius 3 is 2.40 bits per heavy atom.